The Bertz CT molecular complexity index is 1910. The van der Waals surface area contributed by atoms with E-state index in [1.807, 2.05) is 25.2 Å². The summed E-state index contributed by atoms with van der Waals surface area (Å²) in [6.45, 7) is 9.01. The van der Waals surface area contributed by atoms with Gasteiger partial charge >= 0.3 is 11.6 Å². The van der Waals surface area contributed by atoms with E-state index >= 15 is 0 Å². The van der Waals surface area contributed by atoms with E-state index in [-0.39, 0.29) is 10.9 Å². The summed E-state index contributed by atoms with van der Waals surface area (Å²) in [6, 6.07) is 14.7. The van der Waals surface area contributed by atoms with Crippen LogP contribution in [0, 0.1) is 0 Å². The van der Waals surface area contributed by atoms with E-state index in [2.05, 4.69) is 36.3 Å². The maximum absolute atomic E-state index is 13.9. The number of hydrogen-bond acceptors (Lipinski definition) is 5. The van der Waals surface area contributed by atoms with Gasteiger partial charge in [0.2, 0.25) is 5.36 Å². The minimum Gasteiger partial charge on any atom is -0.478 e. The van der Waals surface area contributed by atoms with E-state index in [0.717, 1.165) is 60.9 Å². The van der Waals surface area contributed by atoms with Crippen LogP contribution in [0.15, 0.2) is 62.2 Å². The van der Waals surface area contributed by atoms with Crippen molar-refractivity contribution in [2.45, 2.75) is 40.0 Å². The number of aryl methyl sites for hydroxylation is 2. The lowest BCUT2D eigenvalue weighted by molar-refractivity contribution is 0.0697. The van der Waals surface area contributed by atoms with Gasteiger partial charge in [-0.1, -0.05) is 25.1 Å². The lowest BCUT2D eigenvalue weighted by Gasteiger charge is -2.33. The van der Waals surface area contributed by atoms with Crippen molar-refractivity contribution in [3.05, 3.63) is 81.0 Å². The van der Waals surface area contributed by atoms with Crippen LogP contribution in [0.1, 0.15) is 48.7 Å². The van der Waals surface area contributed by atoms with E-state index in [1.165, 1.54) is 5.56 Å². The summed E-state index contributed by atoms with van der Waals surface area (Å²) in [5.41, 5.74) is 5.59. The second kappa shape index (κ2) is 9.97. The summed E-state index contributed by atoms with van der Waals surface area (Å²) < 4.78 is 14.9. The van der Waals surface area contributed by atoms with E-state index in [1.54, 1.807) is 24.3 Å². The van der Waals surface area contributed by atoms with Crippen molar-refractivity contribution in [2.75, 3.05) is 31.6 Å². The quantitative estimate of drug-likeness (QED) is 0.133. The Hall–Kier alpha value is -4.39. The van der Waals surface area contributed by atoms with Gasteiger partial charge in [0, 0.05) is 41.5 Å². The summed E-state index contributed by atoms with van der Waals surface area (Å²) in [6.07, 6.45) is 2.62. The highest BCUT2D eigenvalue weighted by Crippen LogP contribution is 2.44. The molecule has 7 nitrogen and oxygen atoms in total. The minimum atomic E-state index is -1.06. The van der Waals surface area contributed by atoms with Crippen LogP contribution >= 0.6 is 0 Å². The van der Waals surface area contributed by atoms with Crippen molar-refractivity contribution in [1.82, 2.24) is 4.58 Å². The largest absolute Gasteiger partial charge is 0.478 e. The second-order valence-corrected chi connectivity index (χ2v) is 10.4. The molecule has 1 aliphatic carbocycles. The van der Waals surface area contributed by atoms with Crippen molar-refractivity contribution in [3.63, 3.8) is 0 Å². The fourth-order valence-electron chi connectivity index (χ4n) is 6.15. The SMILES string of the molecule is CCc1cc2c(oc(=O)c3c(-c4ccccc4C(=O)O)c4ccc(=[N+](C)CC)cc-4oc32)c2c1N(CC)CCC2. The molecule has 6 rings (SSSR count). The van der Waals surface area contributed by atoms with Gasteiger partial charge in [-0.25, -0.2) is 14.2 Å². The first-order valence-corrected chi connectivity index (χ1v) is 14.0. The zero-order valence-electron chi connectivity index (χ0n) is 23.3. The van der Waals surface area contributed by atoms with Crippen LogP contribution in [-0.2, 0) is 12.8 Å². The Morgan fingerprint density at radius 1 is 1.02 bits per heavy atom. The van der Waals surface area contributed by atoms with Crippen molar-refractivity contribution < 1.29 is 18.7 Å². The summed E-state index contributed by atoms with van der Waals surface area (Å²) in [5.74, 6) is -0.481. The molecule has 0 fully saturated rings. The Kier molecular flexibility index (Phi) is 6.45. The number of rotatable bonds is 5. The Morgan fingerprint density at radius 2 is 1.82 bits per heavy atom. The number of carbonyl (C=O) groups is 1. The molecule has 0 radical (unpaired) electrons. The Morgan fingerprint density at radius 3 is 2.55 bits per heavy atom. The maximum atomic E-state index is 13.9. The van der Waals surface area contributed by atoms with Gasteiger partial charge in [0.1, 0.15) is 30.3 Å². The average molecular weight is 538 g/mol. The molecule has 0 bridgehead atoms. The predicted octanol–water partition coefficient (Wildman–Crippen LogP) is 5.77. The second-order valence-electron chi connectivity index (χ2n) is 10.4. The van der Waals surface area contributed by atoms with Crippen molar-refractivity contribution >= 4 is 33.6 Å². The van der Waals surface area contributed by atoms with Crippen LogP contribution in [0.25, 0.3) is 44.4 Å². The highest BCUT2D eigenvalue weighted by molar-refractivity contribution is 6.13. The van der Waals surface area contributed by atoms with Crippen LogP contribution < -0.4 is 20.5 Å². The van der Waals surface area contributed by atoms with E-state index < -0.39 is 11.6 Å². The lowest BCUT2D eigenvalue weighted by atomic mass is 9.89. The highest BCUT2D eigenvalue weighted by Gasteiger charge is 2.29. The number of nitrogens with zero attached hydrogens (tertiary/aromatic N) is 2. The molecule has 3 aliphatic rings. The highest BCUT2D eigenvalue weighted by atomic mass is 16.4. The molecule has 204 valence electrons. The normalized spacial score (nSPS) is 14.2. The third kappa shape index (κ3) is 3.91. The van der Waals surface area contributed by atoms with Crippen LogP contribution in [0.5, 0.6) is 0 Å². The molecule has 40 heavy (non-hydrogen) atoms. The molecule has 0 unspecified atom stereocenters. The van der Waals surface area contributed by atoms with Gasteiger partial charge in [0.15, 0.2) is 5.58 Å². The zero-order chi connectivity index (χ0) is 28.1. The molecule has 1 N–H and O–H groups in total. The van der Waals surface area contributed by atoms with Crippen LogP contribution in [0.3, 0.4) is 0 Å². The van der Waals surface area contributed by atoms with Crippen molar-refractivity contribution in [2.24, 2.45) is 0 Å². The summed E-state index contributed by atoms with van der Waals surface area (Å²) >= 11 is 0. The van der Waals surface area contributed by atoms with E-state index in [9.17, 15) is 14.7 Å². The maximum Gasteiger partial charge on any atom is 0.348 e. The Labute approximate surface area is 231 Å². The minimum absolute atomic E-state index is 0.115. The van der Waals surface area contributed by atoms with E-state index in [4.69, 9.17) is 8.83 Å². The van der Waals surface area contributed by atoms with Gasteiger partial charge in [-0.05, 0) is 62.4 Å². The first-order valence-electron chi connectivity index (χ1n) is 14.0. The smallest absolute Gasteiger partial charge is 0.348 e. The van der Waals surface area contributed by atoms with E-state index in [0.29, 0.717) is 33.6 Å². The zero-order valence-corrected chi connectivity index (χ0v) is 23.3. The first kappa shape index (κ1) is 25.9. The molecule has 7 heteroatoms. The molecule has 2 aliphatic heterocycles. The van der Waals surface area contributed by atoms with Crippen molar-refractivity contribution in [1.29, 1.82) is 0 Å². The number of hydrogen-bond donors (Lipinski definition) is 1. The predicted molar refractivity (Wildman–Crippen MR) is 159 cm³/mol. The number of fused-ring (bicyclic) bond motifs is 6. The summed E-state index contributed by atoms with van der Waals surface area (Å²) in [4.78, 5) is 28.6. The topological polar surface area (TPSA) is 86.9 Å². The molecule has 3 heterocycles. The summed E-state index contributed by atoms with van der Waals surface area (Å²) in [5, 5.41) is 12.0. The number of anilines is 1. The molecule has 0 spiro atoms. The average Bonchev–Trinajstić information content (AvgIpc) is 2.98. The molecule has 1 aromatic heterocycles. The third-order valence-corrected chi connectivity index (χ3v) is 8.27. The third-order valence-electron chi connectivity index (χ3n) is 8.27. The fraction of sp³-hybridized carbons (Fsp3) is 0.303. The van der Waals surface area contributed by atoms with Crippen molar-refractivity contribution in [3.8, 4) is 22.5 Å². The lowest BCUT2D eigenvalue weighted by Crippen LogP contribution is -2.30. The molecule has 3 aromatic rings. The van der Waals surface area contributed by atoms with Gasteiger partial charge in [0.05, 0.1) is 17.0 Å². The monoisotopic (exact) mass is 537 g/mol. The van der Waals surface area contributed by atoms with Gasteiger partial charge in [0.25, 0.3) is 0 Å². The number of carboxylic acids is 1. The molecule has 0 amide bonds. The molecule has 2 aromatic carbocycles. The molecule has 0 saturated carbocycles. The van der Waals surface area contributed by atoms with Gasteiger partial charge in [-0.2, -0.15) is 0 Å². The molecule has 0 saturated heterocycles. The molecular weight excluding hydrogens is 504 g/mol. The van der Waals surface area contributed by atoms with Gasteiger partial charge < -0.3 is 18.8 Å². The number of carboxylic acid groups (broad SMARTS) is 1. The van der Waals surface area contributed by atoms with Crippen LogP contribution in [-0.4, -0.2) is 37.8 Å². The number of aromatic carboxylic acids is 1. The van der Waals surface area contributed by atoms with Crippen LogP contribution in [0.2, 0.25) is 0 Å². The standard InChI is InChI=1S/C33H32N2O5/c1-5-19-17-25-30(24-13-10-16-35(7-3)29(19)24)40-33(38)28-27(21-11-8-9-12-22(21)32(36)37)23-15-14-20(34(4)6-2)18-26(23)39-31(25)28/h8-9,11-12,14-15,17-18H,5-7,10,13,16H2,1-4H3/p+1. The van der Waals surface area contributed by atoms with Crippen LogP contribution in [0.4, 0.5) is 5.69 Å². The molecule has 0 atom stereocenters. The van der Waals surface area contributed by atoms with Gasteiger partial charge in [-0.15, -0.1) is 0 Å². The fourth-order valence-corrected chi connectivity index (χ4v) is 6.15. The first-order chi connectivity index (χ1) is 19.4. The Balaban J connectivity index is 1.86. The molecular formula is C33H33N2O5+. The number of benzene rings is 3. The van der Waals surface area contributed by atoms with Gasteiger partial charge in [-0.3, -0.25) is 0 Å². The summed E-state index contributed by atoms with van der Waals surface area (Å²) in [7, 11) is 2.01.